The Bertz CT molecular complexity index is 1720. The van der Waals surface area contributed by atoms with E-state index in [2.05, 4.69) is 49.4 Å². The van der Waals surface area contributed by atoms with Crippen LogP contribution in [0.2, 0.25) is 0 Å². The van der Waals surface area contributed by atoms with Gasteiger partial charge in [-0.15, -0.1) is 0 Å². The summed E-state index contributed by atoms with van der Waals surface area (Å²) in [5.74, 6) is 0.493. The van der Waals surface area contributed by atoms with E-state index in [-0.39, 0.29) is 35.9 Å². The van der Waals surface area contributed by atoms with Gasteiger partial charge in [0.05, 0.1) is 16.4 Å². The van der Waals surface area contributed by atoms with Crippen LogP contribution >= 0.6 is 10.5 Å². The lowest BCUT2D eigenvalue weighted by Crippen LogP contribution is -2.27. The van der Waals surface area contributed by atoms with Crippen molar-refractivity contribution in [1.82, 2.24) is 0 Å². The van der Waals surface area contributed by atoms with E-state index in [9.17, 15) is 9.59 Å². The number of Topliss-reactive ketones (excluding diaryl/α,β-unsaturated/α-hetero) is 1. The summed E-state index contributed by atoms with van der Waals surface area (Å²) in [5, 5.41) is 9.95. The number of carbonyl (C=O) groups is 1. The molecule has 1 aromatic heterocycles. The van der Waals surface area contributed by atoms with Crippen LogP contribution in [0.3, 0.4) is 0 Å². The minimum Gasteiger partial charge on any atom is -0.486 e. The first-order chi connectivity index (χ1) is 20.7. The number of hydrogen-bond donors (Lipinski definition) is 1. The lowest BCUT2D eigenvalue weighted by atomic mass is 10.00. The number of ketones is 1. The van der Waals surface area contributed by atoms with E-state index < -0.39 is 10.5 Å². The van der Waals surface area contributed by atoms with Gasteiger partial charge in [-0.3, -0.25) is 9.59 Å². The Balaban J connectivity index is 0.000000410. The van der Waals surface area contributed by atoms with Crippen LogP contribution < -0.4 is 10.2 Å². The van der Waals surface area contributed by atoms with Crippen molar-refractivity contribution in [1.29, 1.82) is 0 Å². The van der Waals surface area contributed by atoms with Crippen molar-refractivity contribution in [3.05, 3.63) is 107 Å². The summed E-state index contributed by atoms with van der Waals surface area (Å²) in [7, 11) is 1.26. The van der Waals surface area contributed by atoms with Crippen LogP contribution in [0.5, 0.6) is 5.75 Å². The SMILES string of the molecule is CC(C)C(=O)COc1ccc2c(c1)c(=O)c1ccccc1[s+]2-c1ccc(-c2ccccc2)cc1.CCC(C)(CCO)OC. The van der Waals surface area contributed by atoms with Gasteiger partial charge in [-0.2, -0.15) is 0 Å². The first-order valence-corrected chi connectivity index (χ1v) is 15.9. The average molecular weight is 598 g/mol. The van der Waals surface area contributed by atoms with Gasteiger partial charge in [0, 0.05) is 36.2 Å². The second kappa shape index (κ2) is 14.6. The first kappa shape index (κ1) is 32.1. The highest BCUT2D eigenvalue weighted by molar-refractivity contribution is 7.49. The molecule has 4 aromatic carbocycles. The monoisotopic (exact) mass is 597 g/mol. The number of aliphatic hydroxyl groups is 1. The molecule has 6 heteroatoms. The summed E-state index contributed by atoms with van der Waals surface area (Å²) in [6.07, 6.45) is 1.67. The van der Waals surface area contributed by atoms with E-state index in [1.165, 1.54) is 5.56 Å². The fourth-order valence-electron chi connectivity index (χ4n) is 4.70. The maximum atomic E-state index is 13.4. The van der Waals surface area contributed by atoms with Crippen LogP contribution in [0.4, 0.5) is 0 Å². The van der Waals surface area contributed by atoms with Gasteiger partial charge >= 0.3 is 0 Å². The van der Waals surface area contributed by atoms with Crippen LogP contribution in [-0.4, -0.2) is 36.8 Å². The van der Waals surface area contributed by atoms with Crippen LogP contribution in [0.15, 0.2) is 102 Å². The van der Waals surface area contributed by atoms with E-state index >= 15 is 0 Å². The predicted octanol–water partition coefficient (Wildman–Crippen LogP) is 8.55. The van der Waals surface area contributed by atoms with Crippen molar-refractivity contribution in [2.45, 2.75) is 46.1 Å². The highest BCUT2D eigenvalue weighted by Crippen LogP contribution is 2.44. The third kappa shape index (κ3) is 7.57. The maximum absolute atomic E-state index is 13.4. The van der Waals surface area contributed by atoms with Crippen molar-refractivity contribution >= 4 is 36.4 Å². The topological polar surface area (TPSA) is 72.8 Å². The van der Waals surface area contributed by atoms with E-state index in [1.807, 2.05) is 69.3 Å². The first-order valence-electron chi connectivity index (χ1n) is 14.7. The van der Waals surface area contributed by atoms with Gasteiger partial charge in [-0.25, -0.2) is 0 Å². The Morgan fingerprint density at radius 3 is 2.09 bits per heavy atom. The molecule has 224 valence electrons. The fourth-order valence-corrected chi connectivity index (χ4v) is 7.02. The van der Waals surface area contributed by atoms with Gasteiger partial charge in [0.1, 0.15) is 12.4 Å². The molecule has 0 amide bonds. The predicted molar refractivity (Wildman–Crippen MR) is 180 cm³/mol. The van der Waals surface area contributed by atoms with E-state index in [1.54, 1.807) is 13.2 Å². The second-order valence-corrected chi connectivity index (χ2v) is 13.0. The van der Waals surface area contributed by atoms with Crippen LogP contribution in [0.1, 0.15) is 40.5 Å². The van der Waals surface area contributed by atoms with Crippen molar-refractivity contribution in [2.24, 2.45) is 5.92 Å². The summed E-state index contributed by atoms with van der Waals surface area (Å²) < 4.78 is 12.9. The summed E-state index contributed by atoms with van der Waals surface area (Å²) in [4.78, 5) is 26.6. The largest absolute Gasteiger partial charge is 0.486 e. The van der Waals surface area contributed by atoms with E-state index in [4.69, 9.17) is 14.6 Å². The molecule has 0 radical (unpaired) electrons. The second-order valence-electron chi connectivity index (χ2n) is 11.1. The van der Waals surface area contributed by atoms with Crippen molar-refractivity contribution in [2.75, 3.05) is 20.3 Å². The van der Waals surface area contributed by atoms with Gasteiger partial charge in [0.15, 0.2) is 20.1 Å². The van der Waals surface area contributed by atoms with Gasteiger partial charge in [-0.05, 0) is 79.4 Å². The van der Waals surface area contributed by atoms with Crippen molar-refractivity contribution < 1.29 is 19.4 Å². The summed E-state index contributed by atoms with van der Waals surface area (Å²) in [5.41, 5.74) is 2.22. The molecule has 0 aliphatic heterocycles. The van der Waals surface area contributed by atoms with Crippen LogP contribution in [0, 0.1) is 5.92 Å². The Kier molecular flexibility index (Phi) is 10.9. The summed E-state index contributed by atoms with van der Waals surface area (Å²) in [6, 6.07) is 32.4. The highest BCUT2D eigenvalue weighted by Gasteiger charge is 2.23. The molecule has 0 aliphatic carbocycles. The molecule has 5 rings (SSSR count). The standard InChI is InChI=1S/C30H25O3S.C7H16O2/c1-20(2)27(31)19-33-23-14-17-29-26(18-23)30(32)25-10-6-7-11-28(25)34(29)24-15-12-22(13-16-24)21-8-4-3-5-9-21;1-4-7(2,9-3)5-6-8/h3-18,20H,19H2,1-2H3;8H,4-6H2,1-3H3/q+1;. The zero-order valence-corrected chi connectivity index (χ0v) is 26.4. The van der Waals surface area contributed by atoms with Gasteiger partial charge < -0.3 is 14.6 Å². The van der Waals surface area contributed by atoms with Crippen molar-refractivity contribution in [3.8, 4) is 21.8 Å². The summed E-state index contributed by atoms with van der Waals surface area (Å²) in [6.45, 7) is 7.98. The fraction of sp³-hybridized carbons (Fsp3) is 0.297. The molecule has 1 N–H and O–H groups in total. The molecule has 0 saturated carbocycles. The van der Waals surface area contributed by atoms with Crippen LogP contribution in [-0.2, 0) is 9.53 Å². The lowest BCUT2D eigenvalue weighted by molar-refractivity contribution is -0.123. The molecule has 5 nitrogen and oxygen atoms in total. The molecule has 2 atom stereocenters. The number of fused-ring (bicyclic) bond motifs is 2. The smallest absolute Gasteiger partial charge is 0.204 e. The third-order valence-electron chi connectivity index (χ3n) is 7.87. The quantitative estimate of drug-likeness (QED) is 0.129. The molecule has 2 unspecified atom stereocenters. The number of hydrogen-bond acceptors (Lipinski definition) is 5. The Hall–Kier alpha value is -3.84. The number of methoxy groups -OCH3 is 1. The zero-order chi connectivity index (χ0) is 31.0. The Morgan fingerprint density at radius 2 is 1.49 bits per heavy atom. The number of carbonyl (C=O) groups excluding carboxylic acids is 1. The molecule has 43 heavy (non-hydrogen) atoms. The number of benzene rings is 4. The zero-order valence-electron chi connectivity index (χ0n) is 25.6. The minimum absolute atomic E-state index is 0.00380. The molecule has 0 saturated heterocycles. The minimum atomic E-state index is -0.415. The normalized spacial score (nSPS) is 13.0. The molecular formula is C37H41O5S+. The molecule has 0 bridgehead atoms. The lowest BCUT2D eigenvalue weighted by Gasteiger charge is -2.25. The Labute approximate surface area is 256 Å². The molecule has 0 spiro atoms. The number of aliphatic hydroxyl groups excluding tert-OH is 1. The third-order valence-corrected chi connectivity index (χ3v) is 10.2. The number of ether oxygens (including phenoxy) is 2. The van der Waals surface area contributed by atoms with Crippen LogP contribution in [0.25, 0.3) is 36.2 Å². The van der Waals surface area contributed by atoms with Gasteiger partial charge in [0.25, 0.3) is 0 Å². The number of rotatable bonds is 10. The molecular weight excluding hydrogens is 556 g/mol. The molecule has 1 heterocycles. The molecule has 0 fully saturated rings. The Morgan fingerprint density at radius 1 is 0.860 bits per heavy atom. The molecule has 0 aliphatic rings. The maximum Gasteiger partial charge on any atom is 0.204 e. The van der Waals surface area contributed by atoms with Gasteiger partial charge in [0.2, 0.25) is 5.43 Å². The average Bonchev–Trinajstić information content (AvgIpc) is 3.05. The van der Waals surface area contributed by atoms with E-state index in [0.29, 0.717) is 11.1 Å². The van der Waals surface area contributed by atoms with Gasteiger partial charge in [-0.1, -0.05) is 63.2 Å². The van der Waals surface area contributed by atoms with Crippen molar-refractivity contribution in [3.63, 3.8) is 0 Å². The summed E-state index contributed by atoms with van der Waals surface area (Å²) >= 11 is 0. The molecule has 5 aromatic rings. The van der Waals surface area contributed by atoms with E-state index in [0.717, 1.165) is 38.1 Å². The highest BCUT2D eigenvalue weighted by atomic mass is 32.2.